The molecule has 0 bridgehead atoms. The van der Waals surface area contributed by atoms with Gasteiger partial charge in [-0.25, -0.2) is 0 Å². The Balaban J connectivity index is 3.80. The van der Waals surface area contributed by atoms with Crippen molar-refractivity contribution in [3.05, 3.63) is 0 Å². The maximum Gasteiger partial charge on any atom is 0.160 e. The highest BCUT2D eigenvalue weighted by atomic mass is 16.5. The summed E-state index contributed by atoms with van der Waals surface area (Å²) in [5, 5.41) is 26.9. The summed E-state index contributed by atoms with van der Waals surface area (Å²) in [6.07, 6.45) is 0. The van der Waals surface area contributed by atoms with E-state index >= 15 is 0 Å². The first-order chi connectivity index (χ1) is 4.04. The molecule has 1 unspecified atom stereocenters. The van der Waals surface area contributed by atoms with Crippen LogP contribution in [-0.2, 0) is 0 Å². The lowest BCUT2D eigenvalue weighted by Crippen LogP contribution is -2.47. The molecule has 0 amide bonds. The number of rotatable bonds is 3. The molecule has 4 nitrogen and oxygen atoms in total. The Labute approximate surface area is 54.3 Å². The van der Waals surface area contributed by atoms with Crippen LogP contribution in [0.25, 0.3) is 0 Å². The topological polar surface area (TPSA) is 63.9 Å². The summed E-state index contributed by atoms with van der Waals surface area (Å²) < 4.78 is 0. The minimum atomic E-state index is -1.51. The maximum atomic E-state index is 9.02. The monoisotopic (exact) mass is 135 g/mol. The number of hydroxylamine groups is 2. The second-order valence-electron chi connectivity index (χ2n) is 2.09. The lowest BCUT2D eigenvalue weighted by molar-refractivity contribution is -0.263. The van der Waals surface area contributed by atoms with Crippen molar-refractivity contribution in [2.45, 2.75) is 19.6 Å². The summed E-state index contributed by atoms with van der Waals surface area (Å²) in [6, 6.07) is 0. The van der Waals surface area contributed by atoms with Gasteiger partial charge in [0.1, 0.15) is 0 Å². The minimum Gasteiger partial charge on any atom is -0.392 e. The van der Waals surface area contributed by atoms with E-state index in [-0.39, 0.29) is 6.54 Å². The number of hydrogen-bond acceptors (Lipinski definition) is 4. The van der Waals surface area contributed by atoms with E-state index in [2.05, 4.69) is 0 Å². The van der Waals surface area contributed by atoms with Crippen molar-refractivity contribution in [2.24, 2.45) is 0 Å². The molecule has 0 aliphatic heterocycles. The third-order valence-electron chi connectivity index (χ3n) is 1.16. The van der Waals surface area contributed by atoms with Gasteiger partial charge in [0.2, 0.25) is 0 Å². The fourth-order valence-corrected chi connectivity index (χ4v) is 0.422. The smallest absolute Gasteiger partial charge is 0.160 e. The minimum absolute atomic E-state index is 0.285. The molecule has 4 heteroatoms. The van der Waals surface area contributed by atoms with Gasteiger partial charge in [-0.2, -0.15) is 5.06 Å². The van der Waals surface area contributed by atoms with Crippen LogP contribution >= 0.6 is 0 Å². The van der Waals surface area contributed by atoms with Crippen molar-refractivity contribution in [3.8, 4) is 0 Å². The van der Waals surface area contributed by atoms with Gasteiger partial charge in [0.15, 0.2) is 5.72 Å². The molecule has 9 heavy (non-hydrogen) atoms. The molecule has 0 rings (SSSR count). The second kappa shape index (κ2) is 3.12. The molecule has 0 heterocycles. The van der Waals surface area contributed by atoms with E-state index in [0.29, 0.717) is 5.06 Å². The molecule has 3 N–H and O–H groups in total. The van der Waals surface area contributed by atoms with Crippen LogP contribution in [0.15, 0.2) is 0 Å². The molecule has 1 atom stereocenters. The quantitative estimate of drug-likeness (QED) is 0.357. The van der Waals surface area contributed by atoms with Gasteiger partial charge >= 0.3 is 0 Å². The SMILES string of the molecule is CCN(O)C(C)(O)CO. The largest absolute Gasteiger partial charge is 0.392 e. The molecule has 0 spiro atoms. The molecule has 0 aliphatic rings. The first-order valence-corrected chi connectivity index (χ1v) is 2.84. The summed E-state index contributed by atoms with van der Waals surface area (Å²) in [5.41, 5.74) is -1.51. The number of likely N-dealkylation sites (N-methyl/N-ethyl adjacent to an activating group) is 1. The van der Waals surface area contributed by atoms with E-state index in [4.69, 9.17) is 15.4 Å². The lowest BCUT2D eigenvalue weighted by atomic mass is 10.3. The van der Waals surface area contributed by atoms with Gasteiger partial charge < -0.3 is 15.4 Å². The predicted molar refractivity (Wildman–Crippen MR) is 31.9 cm³/mol. The number of aliphatic hydroxyl groups excluding tert-OH is 1. The van der Waals surface area contributed by atoms with E-state index < -0.39 is 12.3 Å². The van der Waals surface area contributed by atoms with E-state index in [1.165, 1.54) is 6.92 Å². The van der Waals surface area contributed by atoms with Crippen molar-refractivity contribution >= 4 is 0 Å². The molecule has 0 fully saturated rings. The standard InChI is InChI=1S/C5H13NO3/c1-3-6(9)5(2,8)4-7/h7-9H,3-4H2,1-2H3. The molecule has 56 valence electrons. The zero-order valence-electron chi connectivity index (χ0n) is 5.70. The molecule has 0 aromatic carbocycles. The van der Waals surface area contributed by atoms with Crippen LogP contribution in [0.3, 0.4) is 0 Å². The van der Waals surface area contributed by atoms with E-state index in [1.54, 1.807) is 6.92 Å². The van der Waals surface area contributed by atoms with Gasteiger partial charge in [-0.05, 0) is 13.8 Å². The number of aliphatic hydroxyl groups is 2. The molecule has 0 aromatic rings. The van der Waals surface area contributed by atoms with E-state index in [9.17, 15) is 0 Å². The zero-order chi connectivity index (χ0) is 7.49. The van der Waals surface area contributed by atoms with Crippen LogP contribution in [0.1, 0.15) is 13.8 Å². The van der Waals surface area contributed by atoms with Crippen LogP contribution in [0.4, 0.5) is 0 Å². The van der Waals surface area contributed by atoms with Gasteiger partial charge in [0, 0.05) is 6.54 Å². The summed E-state index contributed by atoms with van der Waals surface area (Å²) in [7, 11) is 0. The first-order valence-electron chi connectivity index (χ1n) is 2.84. The predicted octanol–water partition coefficient (Wildman–Crippen LogP) is -0.602. The molecule has 0 aliphatic carbocycles. The fourth-order valence-electron chi connectivity index (χ4n) is 0.422. The Kier molecular flexibility index (Phi) is 3.07. The summed E-state index contributed by atoms with van der Waals surface area (Å²) in [4.78, 5) is 0. The van der Waals surface area contributed by atoms with Crippen molar-refractivity contribution in [2.75, 3.05) is 13.2 Å². The Morgan fingerprint density at radius 1 is 1.56 bits per heavy atom. The molecule has 0 aromatic heterocycles. The van der Waals surface area contributed by atoms with E-state index in [1.807, 2.05) is 0 Å². The summed E-state index contributed by atoms with van der Waals surface area (Å²) >= 11 is 0. The molecule has 0 saturated heterocycles. The van der Waals surface area contributed by atoms with Gasteiger partial charge in [-0.1, -0.05) is 0 Å². The fraction of sp³-hybridized carbons (Fsp3) is 1.00. The highest BCUT2D eigenvalue weighted by Crippen LogP contribution is 2.05. The van der Waals surface area contributed by atoms with Crippen LogP contribution in [0.5, 0.6) is 0 Å². The normalized spacial score (nSPS) is 18.0. The number of hydrogen-bond donors (Lipinski definition) is 3. The molecule has 0 radical (unpaired) electrons. The molecule has 0 saturated carbocycles. The van der Waals surface area contributed by atoms with Crippen LogP contribution in [-0.4, -0.2) is 39.4 Å². The van der Waals surface area contributed by atoms with Crippen molar-refractivity contribution in [3.63, 3.8) is 0 Å². The van der Waals surface area contributed by atoms with Crippen molar-refractivity contribution in [1.82, 2.24) is 5.06 Å². The lowest BCUT2D eigenvalue weighted by Gasteiger charge is -2.28. The maximum absolute atomic E-state index is 9.02. The van der Waals surface area contributed by atoms with Crippen molar-refractivity contribution < 1.29 is 15.4 Å². The summed E-state index contributed by atoms with van der Waals surface area (Å²) in [6.45, 7) is 2.81. The van der Waals surface area contributed by atoms with Crippen LogP contribution in [0, 0.1) is 0 Å². The Morgan fingerprint density at radius 2 is 2.00 bits per heavy atom. The van der Waals surface area contributed by atoms with Gasteiger partial charge in [-0.3, -0.25) is 0 Å². The van der Waals surface area contributed by atoms with Gasteiger partial charge in [-0.15, -0.1) is 0 Å². The van der Waals surface area contributed by atoms with Crippen LogP contribution < -0.4 is 0 Å². The molecular formula is C5H13NO3. The summed E-state index contributed by atoms with van der Waals surface area (Å²) in [5.74, 6) is 0. The molecular weight excluding hydrogens is 122 g/mol. The van der Waals surface area contributed by atoms with Crippen molar-refractivity contribution in [1.29, 1.82) is 0 Å². The highest BCUT2D eigenvalue weighted by molar-refractivity contribution is 4.63. The average Bonchev–Trinajstić information content (AvgIpc) is 1.86. The number of nitrogens with zero attached hydrogens (tertiary/aromatic N) is 1. The van der Waals surface area contributed by atoms with Crippen LogP contribution in [0.2, 0.25) is 0 Å². The Hall–Kier alpha value is -0.160. The Morgan fingerprint density at radius 3 is 2.11 bits per heavy atom. The second-order valence-corrected chi connectivity index (χ2v) is 2.09. The highest BCUT2D eigenvalue weighted by Gasteiger charge is 2.24. The first kappa shape index (κ1) is 8.84. The Bertz CT molecular complexity index is 84.3. The average molecular weight is 135 g/mol. The third-order valence-corrected chi connectivity index (χ3v) is 1.16. The zero-order valence-corrected chi connectivity index (χ0v) is 5.70. The van der Waals surface area contributed by atoms with E-state index in [0.717, 1.165) is 0 Å². The third kappa shape index (κ3) is 2.28. The van der Waals surface area contributed by atoms with Gasteiger partial charge in [0.25, 0.3) is 0 Å². The van der Waals surface area contributed by atoms with Gasteiger partial charge in [0.05, 0.1) is 6.61 Å².